The molecule has 0 saturated carbocycles. The molecule has 0 saturated heterocycles. The van der Waals surface area contributed by atoms with Crippen molar-refractivity contribution in [2.45, 2.75) is 38.8 Å². The van der Waals surface area contributed by atoms with Gasteiger partial charge in [-0.15, -0.1) is 0 Å². The van der Waals surface area contributed by atoms with E-state index in [4.69, 9.17) is 16.3 Å². The molecule has 2 aliphatic rings. The lowest BCUT2D eigenvalue weighted by atomic mass is 9.78. The van der Waals surface area contributed by atoms with Crippen molar-refractivity contribution >= 4 is 28.1 Å². The van der Waals surface area contributed by atoms with E-state index in [1.807, 2.05) is 60.7 Å². The molecule has 2 atom stereocenters. The monoisotopic (exact) mass is 550 g/mol. The zero-order valence-corrected chi connectivity index (χ0v) is 23.5. The van der Waals surface area contributed by atoms with Gasteiger partial charge in [0.15, 0.2) is 5.69 Å². The number of pyridine rings is 1. The third kappa shape index (κ3) is 4.44. The van der Waals surface area contributed by atoms with Crippen molar-refractivity contribution in [3.8, 4) is 17.4 Å². The number of hydrogen-bond acceptors (Lipinski definition) is 5. The number of rotatable bonds is 4. The van der Waals surface area contributed by atoms with Crippen molar-refractivity contribution in [1.82, 2.24) is 4.98 Å². The van der Waals surface area contributed by atoms with Gasteiger partial charge in [0.2, 0.25) is 5.88 Å². The van der Waals surface area contributed by atoms with Crippen LogP contribution in [-0.4, -0.2) is 22.0 Å². The topological polar surface area (TPSA) is 62.3 Å². The van der Waals surface area contributed by atoms with Crippen molar-refractivity contribution in [3.63, 3.8) is 0 Å². The Hall–Kier alpha value is -5.15. The highest BCUT2D eigenvalue weighted by molar-refractivity contribution is 6.12. The first-order chi connectivity index (χ1) is 20.4. The quantitative estimate of drug-likeness (QED) is 0.228. The SMILES string of the molecule is [C-]#[N+]c1ccc(N2C(c3cccc(Oc4ccc5cccc(O)c5n4)c3)=N[C@@H]3[C@H]2c2ccccc2CCC3(C)C)cc1. The number of para-hydroxylation sites is 1. The number of benzene rings is 4. The summed E-state index contributed by atoms with van der Waals surface area (Å²) in [6.07, 6.45) is 2.05. The van der Waals surface area contributed by atoms with E-state index in [-0.39, 0.29) is 23.2 Å². The summed E-state index contributed by atoms with van der Waals surface area (Å²) in [5.41, 5.74) is 5.67. The molecule has 5 aromatic rings. The number of aromatic nitrogens is 1. The van der Waals surface area contributed by atoms with Gasteiger partial charge in [-0.3, -0.25) is 4.99 Å². The largest absolute Gasteiger partial charge is 0.506 e. The highest BCUT2D eigenvalue weighted by Crippen LogP contribution is 2.50. The lowest BCUT2D eigenvalue weighted by Gasteiger charge is -2.36. The highest BCUT2D eigenvalue weighted by Gasteiger charge is 2.48. The minimum absolute atomic E-state index is 0.0159. The number of hydrogen-bond donors (Lipinski definition) is 1. The molecule has 0 amide bonds. The summed E-state index contributed by atoms with van der Waals surface area (Å²) in [7, 11) is 0. The van der Waals surface area contributed by atoms with Crippen LogP contribution in [0.1, 0.15) is 43.0 Å². The highest BCUT2D eigenvalue weighted by atomic mass is 16.5. The van der Waals surface area contributed by atoms with Crippen LogP contribution >= 0.6 is 0 Å². The van der Waals surface area contributed by atoms with Crippen LogP contribution in [-0.2, 0) is 6.42 Å². The van der Waals surface area contributed by atoms with Gasteiger partial charge < -0.3 is 14.7 Å². The van der Waals surface area contributed by atoms with Crippen molar-refractivity contribution in [2.24, 2.45) is 10.4 Å². The molecule has 0 fully saturated rings. The van der Waals surface area contributed by atoms with Crippen LogP contribution in [0, 0.1) is 12.0 Å². The molecule has 206 valence electrons. The molecule has 0 radical (unpaired) electrons. The van der Waals surface area contributed by atoms with Gasteiger partial charge in [-0.1, -0.05) is 74.5 Å². The molecular weight excluding hydrogens is 520 g/mol. The summed E-state index contributed by atoms with van der Waals surface area (Å²) in [5, 5.41) is 11.1. The number of aromatic hydroxyl groups is 1. The minimum Gasteiger partial charge on any atom is -0.506 e. The lowest BCUT2D eigenvalue weighted by Crippen LogP contribution is -2.38. The molecule has 4 aromatic carbocycles. The molecule has 7 rings (SSSR count). The number of fused-ring (bicyclic) bond motifs is 4. The summed E-state index contributed by atoms with van der Waals surface area (Å²) >= 11 is 0. The van der Waals surface area contributed by atoms with Crippen molar-refractivity contribution in [2.75, 3.05) is 4.90 Å². The van der Waals surface area contributed by atoms with Gasteiger partial charge in [-0.05, 0) is 65.8 Å². The number of phenols is 1. The second kappa shape index (κ2) is 10.0. The number of amidine groups is 1. The standard InChI is InChI=1S/C36H30N4O2/c1-36(2)21-20-23-8-4-5-12-29(23)33-34(36)39-35(40(33)27-17-15-26(37-3)16-18-27)25-10-6-11-28(22-25)42-31-19-14-24-9-7-13-30(41)32(24)38-31/h4-19,22,33-34,41H,20-21H2,1-2H3/t33-,34-/m1/s1. The molecule has 0 unspecified atom stereocenters. The number of phenolic OH excluding ortho intramolecular Hbond substituents is 1. The maximum atomic E-state index is 10.3. The Morgan fingerprint density at radius 3 is 2.57 bits per heavy atom. The number of nitrogens with zero attached hydrogens (tertiary/aromatic N) is 4. The molecule has 1 N–H and O–H groups in total. The second-order valence-electron chi connectivity index (χ2n) is 11.7. The zero-order chi connectivity index (χ0) is 28.8. The second-order valence-corrected chi connectivity index (χ2v) is 11.7. The fraction of sp³-hybridized carbons (Fsp3) is 0.194. The van der Waals surface area contributed by atoms with E-state index >= 15 is 0 Å². The van der Waals surface area contributed by atoms with E-state index in [1.54, 1.807) is 12.1 Å². The van der Waals surface area contributed by atoms with Crippen LogP contribution in [0.15, 0.2) is 108 Å². The Morgan fingerprint density at radius 2 is 1.74 bits per heavy atom. The number of anilines is 1. The maximum Gasteiger partial charge on any atom is 0.219 e. The van der Waals surface area contributed by atoms with Gasteiger partial charge >= 0.3 is 0 Å². The average molecular weight is 551 g/mol. The van der Waals surface area contributed by atoms with Crippen LogP contribution in [0.2, 0.25) is 0 Å². The number of aryl methyl sites for hydroxylation is 1. The smallest absolute Gasteiger partial charge is 0.219 e. The van der Waals surface area contributed by atoms with Crippen LogP contribution in [0.5, 0.6) is 17.4 Å². The molecule has 1 aliphatic carbocycles. The lowest BCUT2D eigenvalue weighted by molar-refractivity contribution is 0.255. The van der Waals surface area contributed by atoms with E-state index in [0.717, 1.165) is 35.3 Å². The Labute approximate surface area is 245 Å². The third-order valence-electron chi connectivity index (χ3n) is 8.52. The van der Waals surface area contributed by atoms with Crippen LogP contribution in [0.25, 0.3) is 15.7 Å². The molecule has 42 heavy (non-hydrogen) atoms. The Kier molecular flexibility index (Phi) is 6.17. The first-order valence-corrected chi connectivity index (χ1v) is 14.2. The molecule has 0 bridgehead atoms. The number of ether oxygens (including phenoxy) is 1. The summed E-state index contributed by atoms with van der Waals surface area (Å²) < 4.78 is 6.22. The Bertz CT molecular complexity index is 1890. The Morgan fingerprint density at radius 1 is 0.929 bits per heavy atom. The zero-order valence-electron chi connectivity index (χ0n) is 23.5. The van der Waals surface area contributed by atoms with Gasteiger partial charge in [0.25, 0.3) is 0 Å². The van der Waals surface area contributed by atoms with Gasteiger partial charge in [0.05, 0.1) is 18.7 Å². The van der Waals surface area contributed by atoms with Gasteiger partial charge in [-0.2, -0.15) is 0 Å². The normalized spacial score (nSPS) is 18.9. The Balaban J connectivity index is 1.33. The summed E-state index contributed by atoms with van der Waals surface area (Å²) in [5.74, 6) is 2.03. The van der Waals surface area contributed by atoms with Crippen LogP contribution in [0.4, 0.5) is 11.4 Å². The summed E-state index contributed by atoms with van der Waals surface area (Å²) in [6.45, 7) is 12.1. The summed E-state index contributed by atoms with van der Waals surface area (Å²) in [4.78, 5) is 16.0. The fourth-order valence-electron chi connectivity index (χ4n) is 6.28. The van der Waals surface area contributed by atoms with Crippen molar-refractivity contribution in [3.05, 3.63) is 131 Å². The first kappa shape index (κ1) is 25.8. The van der Waals surface area contributed by atoms with Crippen LogP contribution in [0.3, 0.4) is 0 Å². The molecule has 6 nitrogen and oxygen atoms in total. The molecule has 1 aliphatic heterocycles. The van der Waals surface area contributed by atoms with Gasteiger partial charge in [0, 0.05) is 22.7 Å². The predicted octanol–water partition coefficient (Wildman–Crippen LogP) is 8.63. The van der Waals surface area contributed by atoms with Gasteiger partial charge in [0.1, 0.15) is 22.9 Å². The molecule has 0 spiro atoms. The van der Waals surface area contributed by atoms with E-state index in [1.165, 1.54) is 11.1 Å². The van der Waals surface area contributed by atoms with E-state index in [9.17, 15) is 5.11 Å². The summed E-state index contributed by atoms with van der Waals surface area (Å²) in [6, 6.07) is 33.6. The average Bonchev–Trinajstić information content (AvgIpc) is 3.38. The van der Waals surface area contributed by atoms with Gasteiger partial charge in [-0.25, -0.2) is 9.83 Å². The van der Waals surface area contributed by atoms with Crippen molar-refractivity contribution < 1.29 is 9.84 Å². The predicted molar refractivity (Wildman–Crippen MR) is 167 cm³/mol. The first-order valence-electron chi connectivity index (χ1n) is 14.2. The fourth-order valence-corrected chi connectivity index (χ4v) is 6.28. The van der Waals surface area contributed by atoms with Crippen molar-refractivity contribution in [1.29, 1.82) is 0 Å². The van der Waals surface area contributed by atoms with E-state index in [0.29, 0.717) is 22.8 Å². The van der Waals surface area contributed by atoms with E-state index in [2.05, 4.69) is 58.9 Å². The molecule has 2 heterocycles. The maximum absolute atomic E-state index is 10.3. The molecule has 6 heteroatoms. The van der Waals surface area contributed by atoms with E-state index < -0.39 is 0 Å². The molecule has 1 aromatic heterocycles. The minimum atomic E-state index is -0.0364. The third-order valence-corrected chi connectivity index (χ3v) is 8.52. The number of aliphatic imine (C=N–C) groups is 1. The van der Waals surface area contributed by atoms with Crippen LogP contribution < -0.4 is 9.64 Å². The molecular formula is C36H30N4O2.